The van der Waals surface area contributed by atoms with Gasteiger partial charge in [-0.15, -0.1) is 0 Å². The van der Waals surface area contributed by atoms with Gasteiger partial charge < -0.3 is 5.32 Å². The molecule has 122 valence electrons. The lowest BCUT2D eigenvalue weighted by Gasteiger charge is -2.11. The molecule has 0 atom stereocenters. The molecule has 0 radical (unpaired) electrons. The molecule has 9 heteroatoms. The Labute approximate surface area is 136 Å². The summed E-state index contributed by atoms with van der Waals surface area (Å²) in [5.74, 6) is -2.35. The van der Waals surface area contributed by atoms with Crippen LogP contribution in [0.15, 0.2) is 41.3 Å². The highest BCUT2D eigenvalue weighted by Gasteiger charge is 2.18. The number of carbonyl (C=O) groups is 1. The summed E-state index contributed by atoms with van der Waals surface area (Å²) in [6.45, 7) is 1.31. The maximum Gasteiger partial charge on any atom is 0.262 e. The standard InChI is InChI=1S/C14H11ClF2N2O3S/c1-8(20)18-11-2-3-14(13(15)7-11)19-23(21,22)12-5-9(16)4-10(17)6-12/h2-7,19H,1H3,(H,18,20). The van der Waals surface area contributed by atoms with Crippen LogP contribution in [-0.4, -0.2) is 14.3 Å². The van der Waals surface area contributed by atoms with Crippen LogP contribution in [0.1, 0.15) is 6.92 Å². The van der Waals surface area contributed by atoms with E-state index < -0.39 is 26.6 Å². The van der Waals surface area contributed by atoms with Gasteiger partial charge in [0.15, 0.2) is 0 Å². The van der Waals surface area contributed by atoms with Crippen molar-refractivity contribution in [2.24, 2.45) is 0 Å². The molecule has 0 aromatic heterocycles. The number of halogens is 3. The maximum atomic E-state index is 13.2. The summed E-state index contributed by atoms with van der Waals surface area (Å²) < 4.78 is 52.7. The van der Waals surface area contributed by atoms with Gasteiger partial charge in [0.05, 0.1) is 15.6 Å². The third-order valence-electron chi connectivity index (χ3n) is 2.68. The fourth-order valence-corrected chi connectivity index (χ4v) is 3.17. The number of amides is 1. The van der Waals surface area contributed by atoms with Gasteiger partial charge >= 0.3 is 0 Å². The van der Waals surface area contributed by atoms with Gasteiger partial charge in [-0.05, 0) is 30.3 Å². The normalized spacial score (nSPS) is 11.1. The number of hydrogen-bond acceptors (Lipinski definition) is 3. The van der Waals surface area contributed by atoms with E-state index in [-0.39, 0.29) is 16.6 Å². The Morgan fingerprint density at radius 1 is 1.09 bits per heavy atom. The van der Waals surface area contributed by atoms with E-state index in [0.717, 1.165) is 0 Å². The number of rotatable bonds is 4. The van der Waals surface area contributed by atoms with Gasteiger partial charge in [0.2, 0.25) is 5.91 Å². The first-order valence-electron chi connectivity index (χ1n) is 6.23. The minimum atomic E-state index is -4.22. The van der Waals surface area contributed by atoms with Crippen molar-refractivity contribution in [2.75, 3.05) is 10.0 Å². The monoisotopic (exact) mass is 360 g/mol. The Balaban J connectivity index is 2.32. The molecule has 0 bridgehead atoms. The molecular weight excluding hydrogens is 350 g/mol. The highest BCUT2D eigenvalue weighted by molar-refractivity contribution is 7.92. The molecule has 0 aliphatic carbocycles. The minimum absolute atomic E-state index is 0.00504. The molecular formula is C14H11ClF2N2O3S. The van der Waals surface area contributed by atoms with Crippen LogP contribution < -0.4 is 10.0 Å². The van der Waals surface area contributed by atoms with Gasteiger partial charge in [-0.25, -0.2) is 17.2 Å². The molecule has 0 unspecified atom stereocenters. The van der Waals surface area contributed by atoms with Gasteiger partial charge in [-0.1, -0.05) is 11.6 Å². The van der Waals surface area contributed by atoms with Crippen molar-refractivity contribution in [3.63, 3.8) is 0 Å². The Kier molecular flexibility index (Phi) is 4.86. The minimum Gasteiger partial charge on any atom is -0.326 e. The van der Waals surface area contributed by atoms with Gasteiger partial charge in [-0.2, -0.15) is 0 Å². The van der Waals surface area contributed by atoms with Crippen LogP contribution in [0.3, 0.4) is 0 Å². The molecule has 2 rings (SSSR count). The second kappa shape index (κ2) is 6.51. The van der Waals surface area contributed by atoms with Crippen molar-refractivity contribution in [2.45, 2.75) is 11.8 Å². The zero-order valence-electron chi connectivity index (χ0n) is 11.7. The van der Waals surface area contributed by atoms with E-state index in [1.807, 2.05) is 0 Å². The van der Waals surface area contributed by atoms with E-state index in [9.17, 15) is 22.0 Å². The third-order valence-corrected chi connectivity index (χ3v) is 4.34. The van der Waals surface area contributed by atoms with E-state index in [4.69, 9.17) is 11.6 Å². The van der Waals surface area contributed by atoms with Crippen LogP contribution in [-0.2, 0) is 14.8 Å². The summed E-state index contributed by atoms with van der Waals surface area (Å²) in [6, 6.07) is 6.02. The van der Waals surface area contributed by atoms with Crippen molar-refractivity contribution < 1.29 is 22.0 Å². The summed E-state index contributed by atoms with van der Waals surface area (Å²) in [5.41, 5.74) is 0.382. The molecule has 2 aromatic rings. The second-order valence-corrected chi connectivity index (χ2v) is 6.68. The number of hydrogen-bond donors (Lipinski definition) is 2. The maximum absolute atomic E-state index is 13.2. The van der Waals surface area contributed by atoms with Crippen LogP contribution in [0, 0.1) is 11.6 Å². The van der Waals surface area contributed by atoms with Crippen molar-refractivity contribution in [3.05, 3.63) is 53.1 Å². The summed E-state index contributed by atoms with van der Waals surface area (Å²) in [6.07, 6.45) is 0. The average Bonchev–Trinajstić information content (AvgIpc) is 2.40. The number of carbonyl (C=O) groups excluding carboxylic acids is 1. The van der Waals surface area contributed by atoms with E-state index in [1.54, 1.807) is 0 Å². The number of anilines is 2. The molecule has 0 fully saturated rings. The molecule has 1 amide bonds. The topological polar surface area (TPSA) is 75.3 Å². The number of nitrogens with one attached hydrogen (secondary N) is 2. The van der Waals surface area contributed by atoms with Crippen LogP contribution in [0.5, 0.6) is 0 Å². The SMILES string of the molecule is CC(=O)Nc1ccc(NS(=O)(=O)c2cc(F)cc(F)c2)c(Cl)c1. The largest absolute Gasteiger partial charge is 0.326 e. The van der Waals surface area contributed by atoms with Crippen LogP contribution in [0.25, 0.3) is 0 Å². The van der Waals surface area contributed by atoms with Gasteiger partial charge in [0.1, 0.15) is 11.6 Å². The second-order valence-electron chi connectivity index (χ2n) is 4.59. The lowest BCUT2D eigenvalue weighted by molar-refractivity contribution is -0.114. The first-order valence-corrected chi connectivity index (χ1v) is 8.09. The lowest BCUT2D eigenvalue weighted by Crippen LogP contribution is -2.14. The van der Waals surface area contributed by atoms with Crippen LogP contribution >= 0.6 is 11.6 Å². The number of benzene rings is 2. The molecule has 0 saturated carbocycles. The molecule has 0 heterocycles. The first-order chi connectivity index (χ1) is 10.7. The van der Waals surface area contributed by atoms with Gasteiger partial charge in [-0.3, -0.25) is 9.52 Å². The van der Waals surface area contributed by atoms with E-state index >= 15 is 0 Å². The molecule has 0 aliphatic heterocycles. The van der Waals surface area contributed by atoms with Crippen molar-refractivity contribution in [3.8, 4) is 0 Å². The summed E-state index contributed by atoms with van der Waals surface area (Å²) in [7, 11) is -4.22. The smallest absolute Gasteiger partial charge is 0.262 e. The summed E-state index contributed by atoms with van der Waals surface area (Å²) in [5, 5.41) is 2.49. The molecule has 0 spiro atoms. The highest BCUT2D eigenvalue weighted by Crippen LogP contribution is 2.28. The van der Waals surface area contributed by atoms with Crippen LogP contribution in [0.2, 0.25) is 5.02 Å². The molecule has 5 nitrogen and oxygen atoms in total. The molecule has 2 N–H and O–H groups in total. The Hall–Kier alpha value is -2.19. The summed E-state index contributed by atoms with van der Waals surface area (Å²) in [4.78, 5) is 10.4. The van der Waals surface area contributed by atoms with E-state index in [2.05, 4.69) is 10.0 Å². The van der Waals surface area contributed by atoms with Gasteiger partial charge in [0.25, 0.3) is 10.0 Å². The fourth-order valence-electron chi connectivity index (χ4n) is 1.77. The summed E-state index contributed by atoms with van der Waals surface area (Å²) >= 11 is 5.94. The Morgan fingerprint density at radius 2 is 1.70 bits per heavy atom. The Bertz CT molecular complexity index is 852. The highest BCUT2D eigenvalue weighted by atomic mass is 35.5. The average molecular weight is 361 g/mol. The first kappa shape index (κ1) is 17.2. The quantitative estimate of drug-likeness (QED) is 0.877. The van der Waals surface area contributed by atoms with Crippen molar-refractivity contribution in [1.82, 2.24) is 0 Å². The molecule has 0 saturated heterocycles. The third kappa shape index (κ3) is 4.40. The molecule has 23 heavy (non-hydrogen) atoms. The fraction of sp³-hybridized carbons (Fsp3) is 0.0714. The zero-order valence-corrected chi connectivity index (χ0v) is 13.3. The predicted molar refractivity (Wildman–Crippen MR) is 82.9 cm³/mol. The van der Waals surface area contributed by atoms with Crippen molar-refractivity contribution in [1.29, 1.82) is 0 Å². The number of sulfonamides is 1. The van der Waals surface area contributed by atoms with Crippen molar-refractivity contribution >= 4 is 38.9 Å². The molecule has 2 aromatic carbocycles. The predicted octanol–water partition coefficient (Wildman–Crippen LogP) is 3.38. The van der Waals surface area contributed by atoms with E-state index in [1.165, 1.54) is 25.1 Å². The van der Waals surface area contributed by atoms with E-state index in [0.29, 0.717) is 23.9 Å². The van der Waals surface area contributed by atoms with Crippen LogP contribution in [0.4, 0.5) is 20.2 Å². The lowest BCUT2D eigenvalue weighted by atomic mass is 10.3. The van der Waals surface area contributed by atoms with Gasteiger partial charge in [0, 0.05) is 18.7 Å². The molecule has 0 aliphatic rings. The zero-order chi connectivity index (χ0) is 17.2. The Morgan fingerprint density at radius 3 is 2.22 bits per heavy atom.